The van der Waals surface area contributed by atoms with Gasteiger partial charge in [-0.15, -0.1) is 0 Å². The third-order valence-electron chi connectivity index (χ3n) is 3.93. The molecule has 1 aliphatic heterocycles. The second-order valence-corrected chi connectivity index (χ2v) is 6.65. The van der Waals surface area contributed by atoms with Gasteiger partial charge in [0.1, 0.15) is 5.02 Å². The van der Waals surface area contributed by atoms with Crippen LogP contribution in [0.3, 0.4) is 0 Å². The largest absolute Gasteiger partial charge is 0.452 e. The minimum atomic E-state index is -0.791. The molecule has 0 N–H and O–H groups in total. The Morgan fingerprint density at radius 2 is 1.96 bits per heavy atom. The lowest BCUT2D eigenvalue weighted by atomic mass is 9.92. The van der Waals surface area contributed by atoms with E-state index in [1.807, 2.05) is 0 Å². The molecular formula is C16H19ClN2O5. The van der Waals surface area contributed by atoms with Crippen molar-refractivity contribution < 1.29 is 19.2 Å². The zero-order valence-corrected chi connectivity index (χ0v) is 14.3. The fraction of sp³-hybridized carbons (Fsp3) is 0.500. The van der Waals surface area contributed by atoms with Gasteiger partial charge in [-0.1, -0.05) is 25.4 Å². The maximum Gasteiger partial charge on any atom is 0.338 e. The molecule has 24 heavy (non-hydrogen) atoms. The van der Waals surface area contributed by atoms with E-state index in [-0.39, 0.29) is 28.8 Å². The number of carbonyl (C=O) groups is 2. The molecule has 0 saturated carbocycles. The molecule has 1 aromatic carbocycles. The number of amides is 1. The molecule has 1 amide bonds. The average molecular weight is 355 g/mol. The SMILES string of the molecule is C[C@H]1C[C@H](C)CN(C(=O)COC(=O)c2ccc(Cl)c([N+](=O)[O-])c2)C1. The van der Waals surface area contributed by atoms with Crippen molar-refractivity contribution in [3.05, 3.63) is 38.9 Å². The molecule has 0 bridgehead atoms. The number of esters is 1. The minimum absolute atomic E-state index is 0.0146. The third kappa shape index (κ3) is 4.44. The van der Waals surface area contributed by atoms with E-state index in [9.17, 15) is 19.7 Å². The molecule has 1 fully saturated rings. The fourth-order valence-corrected chi connectivity index (χ4v) is 3.13. The van der Waals surface area contributed by atoms with Gasteiger partial charge in [0.15, 0.2) is 6.61 Å². The number of nitro benzene ring substituents is 1. The molecule has 0 spiro atoms. The summed E-state index contributed by atoms with van der Waals surface area (Å²) in [5, 5.41) is 10.8. The molecule has 2 rings (SSSR count). The van der Waals surface area contributed by atoms with Gasteiger partial charge in [0.25, 0.3) is 11.6 Å². The van der Waals surface area contributed by atoms with Gasteiger partial charge in [0, 0.05) is 19.2 Å². The van der Waals surface area contributed by atoms with Gasteiger partial charge in [0.05, 0.1) is 10.5 Å². The Morgan fingerprint density at radius 1 is 1.33 bits per heavy atom. The lowest BCUT2D eigenvalue weighted by Crippen LogP contribution is -2.44. The zero-order chi connectivity index (χ0) is 17.9. The highest BCUT2D eigenvalue weighted by Gasteiger charge is 2.26. The van der Waals surface area contributed by atoms with Crippen molar-refractivity contribution in [2.45, 2.75) is 20.3 Å². The molecule has 8 heteroatoms. The number of piperidine rings is 1. The van der Waals surface area contributed by atoms with Crippen LogP contribution >= 0.6 is 11.6 Å². The third-order valence-corrected chi connectivity index (χ3v) is 4.25. The number of likely N-dealkylation sites (tertiary alicyclic amines) is 1. The van der Waals surface area contributed by atoms with Gasteiger partial charge in [-0.3, -0.25) is 14.9 Å². The molecule has 0 aromatic heterocycles. The van der Waals surface area contributed by atoms with Crippen molar-refractivity contribution in [3.63, 3.8) is 0 Å². The van der Waals surface area contributed by atoms with E-state index in [0.717, 1.165) is 12.5 Å². The Kier molecular flexibility index (Phi) is 5.77. The number of nitrogens with zero attached hydrogens (tertiary/aromatic N) is 2. The Hall–Kier alpha value is -2.15. The highest BCUT2D eigenvalue weighted by Crippen LogP contribution is 2.25. The van der Waals surface area contributed by atoms with E-state index in [4.69, 9.17) is 16.3 Å². The fourth-order valence-electron chi connectivity index (χ4n) is 2.95. The first-order valence-electron chi connectivity index (χ1n) is 7.66. The van der Waals surface area contributed by atoms with Crippen molar-refractivity contribution >= 4 is 29.2 Å². The summed E-state index contributed by atoms with van der Waals surface area (Å²) in [6.07, 6.45) is 1.07. The number of halogens is 1. The number of carbonyl (C=O) groups excluding carboxylic acids is 2. The highest BCUT2D eigenvalue weighted by molar-refractivity contribution is 6.32. The Balaban J connectivity index is 1.96. The quantitative estimate of drug-likeness (QED) is 0.471. The Bertz CT molecular complexity index is 654. The van der Waals surface area contributed by atoms with Crippen LogP contribution in [0.2, 0.25) is 5.02 Å². The monoisotopic (exact) mass is 354 g/mol. The lowest BCUT2D eigenvalue weighted by Gasteiger charge is -2.34. The van der Waals surface area contributed by atoms with E-state index in [1.54, 1.807) is 4.90 Å². The molecule has 7 nitrogen and oxygen atoms in total. The molecule has 1 aliphatic rings. The first kappa shape index (κ1) is 18.2. The maximum atomic E-state index is 12.2. The summed E-state index contributed by atoms with van der Waals surface area (Å²) in [4.78, 5) is 36.0. The van der Waals surface area contributed by atoms with Gasteiger partial charge >= 0.3 is 5.97 Å². The van der Waals surface area contributed by atoms with Crippen molar-refractivity contribution in [1.29, 1.82) is 0 Å². The molecule has 1 heterocycles. The van der Waals surface area contributed by atoms with Gasteiger partial charge < -0.3 is 9.64 Å². The van der Waals surface area contributed by atoms with Crippen molar-refractivity contribution in [3.8, 4) is 0 Å². The van der Waals surface area contributed by atoms with E-state index < -0.39 is 10.9 Å². The predicted molar refractivity (Wildman–Crippen MR) is 87.9 cm³/mol. The van der Waals surface area contributed by atoms with Crippen LogP contribution in [0.25, 0.3) is 0 Å². The van der Waals surface area contributed by atoms with Gasteiger partial charge in [0.2, 0.25) is 0 Å². The van der Waals surface area contributed by atoms with E-state index in [2.05, 4.69) is 13.8 Å². The van der Waals surface area contributed by atoms with Crippen LogP contribution in [0.15, 0.2) is 18.2 Å². The summed E-state index contributed by atoms with van der Waals surface area (Å²) >= 11 is 5.70. The molecule has 0 aliphatic carbocycles. The number of ether oxygens (including phenoxy) is 1. The molecule has 1 aromatic rings. The summed E-state index contributed by atoms with van der Waals surface area (Å²) in [5.74, 6) is -0.230. The van der Waals surface area contributed by atoms with Gasteiger partial charge in [-0.05, 0) is 30.4 Å². The number of hydrogen-bond donors (Lipinski definition) is 0. The second kappa shape index (κ2) is 7.61. The van der Waals surface area contributed by atoms with Crippen LogP contribution in [-0.2, 0) is 9.53 Å². The van der Waals surface area contributed by atoms with Gasteiger partial charge in [-0.25, -0.2) is 4.79 Å². The number of benzene rings is 1. The van der Waals surface area contributed by atoms with Crippen LogP contribution in [0.1, 0.15) is 30.6 Å². The predicted octanol–water partition coefficient (Wildman–Crippen LogP) is 2.91. The molecular weight excluding hydrogens is 336 g/mol. The van der Waals surface area contributed by atoms with Crippen molar-refractivity contribution in [2.24, 2.45) is 11.8 Å². The van der Waals surface area contributed by atoms with Crippen LogP contribution in [0.5, 0.6) is 0 Å². The summed E-state index contributed by atoms with van der Waals surface area (Å²) in [5.41, 5.74) is -0.393. The highest BCUT2D eigenvalue weighted by atomic mass is 35.5. The maximum absolute atomic E-state index is 12.2. The number of rotatable bonds is 4. The first-order chi connectivity index (χ1) is 11.3. The van der Waals surface area contributed by atoms with Gasteiger partial charge in [-0.2, -0.15) is 0 Å². The van der Waals surface area contributed by atoms with Crippen LogP contribution in [0.4, 0.5) is 5.69 Å². The summed E-state index contributed by atoms with van der Waals surface area (Å²) in [6.45, 7) is 5.07. The lowest BCUT2D eigenvalue weighted by molar-refractivity contribution is -0.384. The zero-order valence-electron chi connectivity index (χ0n) is 13.5. The van der Waals surface area contributed by atoms with Crippen LogP contribution < -0.4 is 0 Å². The van der Waals surface area contributed by atoms with Crippen molar-refractivity contribution in [2.75, 3.05) is 19.7 Å². The van der Waals surface area contributed by atoms with Crippen LogP contribution in [0, 0.1) is 22.0 Å². The minimum Gasteiger partial charge on any atom is -0.452 e. The number of nitro groups is 1. The molecule has 2 atom stereocenters. The molecule has 130 valence electrons. The first-order valence-corrected chi connectivity index (χ1v) is 8.04. The average Bonchev–Trinajstić information content (AvgIpc) is 2.51. The molecule has 0 unspecified atom stereocenters. The molecule has 0 radical (unpaired) electrons. The summed E-state index contributed by atoms with van der Waals surface area (Å²) in [6, 6.07) is 3.62. The van der Waals surface area contributed by atoms with Crippen LogP contribution in [-0.4, -0.2) is 41.4 Å². The van der Waals surface area contributed by atoms with E-state index in [0.29, 0.717) is 24.9 Å². The smallest absolute Gasteiger partial charge is 0.338 e. The van der Waals surface area contributed by atoms with E-state index >= 15 is 0 Å². The second-order valence-electron chi connectivity index (χ2n) is 6.24. The normalized spacial score (nSPS) is 20.5. The summed E-state index contributed by atoms with van der Waals surface area (Å²) in [7, 11) is 0. The Morgan fingerprint density at radius 3 is 2.54 bits per heavy atom. The summed E-state index contributed by atoms with van der Waals surface area (Å²) < 4.78 is 4.99. The van der Waals surface area contributed by atoms with Crippen molar-refractivity contribution in [1.82, 2.24) is 4.90 Å². The molecule has 1 saturated heterocycles. The van der Waals surface area contributed by atoms with E-state index in [1.165, 1.54) is 12.1 Å². The number of hydrogen-bond acceptors (Lipinski definition) is 5. The Labute approximate surface area is 144 Å². The topological polar surface area (TPSA) is 89.8 Å². The standard InChI is InChI=1S/C16H19ClN2O5/c1-10-5-11(2)8-18(7-10)15(20)9-24-16(21)12-3-4-13(17)14(6-12)19(22)23/h3-4,6,10-11H,5,7-9H2,1-2H3/t10-,11-/m0/s1.